The number of rotatable bonds is 14. The molecule has 4 nitrogen and oxygen atoms in total. The molecule has 2 N–H and O–H groups in total. The van der Waals surface area contributed by atoms with E-state index in [9.17, 15) is 9.90 Å². The normalized spacial score (nSPS) is 10.6. The summed E-state index contributed by atoms with van der Waals surface area (Å²) in [7, 11) is 0. The zero-order chi connectivity index (χ0) is 18.2. The van der Waals surface area contributed by atoms with Crippen LogP contribution in [0.1, 0.15) is 84.0 Å². The van der Waals surface area contributed by atoms with Gasteiger partial charge in [-0.15, -0.1) is 0 Å². The van der Waals surface area contributed by atoms with E-state index in [0.29, 0.717) is 12.3 Å². The van der Waals surface area contributed by atoms with E-state index in [2.05, 4.69) is 12.2 Å². The summed E-state index contributed by atoms with van der Waals surface area (Å²) in [6, 6.07) is 6.44. The third-order valence-corrected chi connectivity index (χ3v) is 4.32. The second kappa shape index (κ2) is 14.6. The Morgan fingerprint density at radius 2 is 1.48 bits per heavy atom. The zero-order valence-electron chi connectivity index (χ0n) is 15.8. The summed E-state index contributed by atoms with van der Waals surface area (Å²) in [6.45, 7) is 2.70. The summed E-state index contributed by atoms with van der Waals surface area (Å²) in [5.74, 6) is 0.124. The molecule has 4 heteroatoms. The van der Waals surface area contributed by atoms with Crippen molar-refractivity contribution < 1.29 is 14.6 Å². The summed E-state index contributed by atoms with van der Waals surface area (Å²) in [5.41, 5.74) is 0.541. The molecule has 1 rings (SSSR count). The molecule has 1 amide bonds. The summed E-state index contributed by atoms with van der Waals surface area (Å²) in [4.78, 5) is 11.6. The van der Waals surface area contributed by atoms with Crippen LogP contribution in [-0.2, 0) is 4.74 Å². The number of aromatic hydroxyl groups is 1. The van der Waals surface area contributed by atoms with Crippen molar-refractivity contribution in [1.82, 2.24) is 0 Å². The third kappa shape index (κ3) is 12.3. The van der Waals surface area contributed by atoms with Crippen LogP contribution >= 0.6 is 0 Å². The standard InChI is InChI=1S/C21H35NO3/c1-2-3-4-5-6-7-8-9-10-11-12-13-17-25-21(24)22-19-15-14-16-20(23)18-19/h14-16,18,23H,2-13,17H2,1H3,(H,22,24). The van der Waals surface area contributed by atoms with Gasteiger partial charge in [-0.25, -0.2) is 4.79 Å². The predicted octanol–water partition coefficient (Wildman–Crippen LogP) is 6.64. The second-order valence-electron chi connectivity index (χ2n) is 6.70. The average molecular weight is 350 g/mol. The molecule has 0 spiro atoms. The monoisotopic (exact) mass is 349 g/mol. The molecule has 1 aromatic carbocycles. The summed E-state index contributed by atoms with van der Waals surface area (Å²) in [5, 5.41) is 11.9. The van der Waals surface area contributed by atoms with Gasteiger partial charge in [0, 0.05) is 11.8 Å². The van der Waals surface area contributed by atoms with Crippen molar-refractivity contribution >= 4 is 11.8 Å². The Balaban J connectivity index is 1.86. The lowest BCUT2D eigenvalue weighted by molar-refractivity contribution is 0.159. The smallest absolute Gasteiger partial charge is 0.411 e. The highest BCUT2D eigenvalue weighted by Crippen LogP contribution is 2.15. The number of phenolic OH excluding ortho intramolecular Hbond substituents is 1. The van der Waals surface area contributed by atoms with Gasteiger partial charge < -0.3 is 9.84 Å². The first-order valence-electron chi connectivity index (χ1n) is 9.95. The molecule has 0 heterocycles. The Kier molecular flexibility index (Phi) is 12.5. The fourth-order valence-corrected chi connectivity index (χ4v) is 2.85. The van der Waals surface area contributed by atoms with E-state index in [1.807, 2.05) is 0 Å². The van der Waals surface area contributed by atoms with E-state index in [1.165, 1.54) is 70.3 Å². The minimum atomic E-state index is -0.464. The number of benzene rings is 1. The first-order chi connectivity index (χ1) is 12.2. The maximum Gasteiger partial charge on any atom is 0.411 e. The molecule has 0 bridgehead atoms. The Bertz CT molecular complexity index is 462. The van der Waals surface area contributed by atoms with Crippen molar-refractivity contribution in [2.75, 3.05) is 11.9 Å². The molecular weight excluding hydrogens is 314 g/mol. The van der Waals surface area contributed by atoms with Gasteiger partial charge in [-0.3, -0.25) is 5.32 Å². The number of amides is 1. The highest BCUT2D eigenvalue weighted by atomic mass is 16.5. The van der Waals surface area contributed by atoms with Crippen LogP contribution in [0.3, 0.4) is 0 Å². The van der Waals surface area contributed by atoms with Crippen molar-refractivity contribution in [3.63, 3.8) is 0 Å². The maximum atomic E-state index is 11.6. The number of hydrogen-bond donors (Lipinski definition) is 2. The first kappa shape index (κ1) is 21.3. The minimum absolute atomic E-state index is 0.124. The lowest BCUT2D eigenvalue weighted by atomic mass is 10.1. The highest BCUT2D eigenvalue weighted by molar-refractivity contribution is 5.84. The van der Waals surface area contributed by atoms with Gasteiger partial charge in [-0.2, -0.15) is 0 Å². The van der Waals surface area contributed by atoms with Gasteiger partial charge >= 0.3 is 6.09 Å². The molecule has 0 saturated carbocycles. The highest BCUT2D eigenvalue weighted by Gasteiger charge is 2.03. The van der Waals surface area contributed by atoms with Crippen LogP contribution in [0.15, 0.2) is 24.3 Å². The van der Waals surface area contributed by atoms with Gasteiger partial charge in [-0.1, -0.05) is 83.6 Å². The summed E-state index contributed by atoms with van der Waals surface area (Å²) < 4.78 is 5.15. The van der Waals surface area contributed by atoms with E-state index < -0.39 is 6.09 Å². The van der Waals surface area contributed by atoms with Gasteiger partial charge in [0.05, 0.1) is 6.61 Å². The molecular formula is C21H35NO3. The molecule has 0 aliphatic carbocycles. The number of carbonyl (C=O) groups excluding carboxylic acids is 1. The Morgan fingerprint density at radius 1 is 0.920 bits per heavy atom. The zero-order valence-corrected chi connectivity index (χ0v) is 15.8. The molecule has 1 aromatic rings. The fraction of sp³-hybridized carbons (Fsp3) is 0.667. The number of ether oxygens (including phenoxy) is 1. The lowest BCUT2D eigenvalue weighted by Crippen LogP contribution is -2.14. The topological polar surface area (TPSA) is 58.6 Å². The Hall–Kier alpha value is -1.71. The molecule has 142 valence electrons. The quantitative estimate of drug-likeness (QED) is 0.370. The molecule has 0 aliphatic rings. The molecule has 0 aromatic heterocycles. The number of anilines is 1. The molecule has 0 unspecified atom stereocenters. The van der Waals surface area contributed by atoms with E-state index >= 15 is 0 Å². The summed E-state index contributed by atoms with van der Waals surface area (Å²) in [6.07, 6.45) is 15.0. The third-order valence-electron chi connectivity index (χ3n) is 4.32. The lowest BCUT2D eigenvalue weighted by Gasteiger charge is -2.07. The van der Waals surface area contributed by atoms with E-state index in [4.69, 9.17) is 4.74 Å². The molecule has 25 heavy (non-hydrogen) atoms. The van der Waals surface area contributed by atoms with Crippen molar-refractivity contribution in [3.8, 4) is 5.75 Å². The van der Waals surface area contributed by atoms with Crippen LogP contribution in [0.5, 0.6) is 5.75 Å². The molecule has 0 aliphatic heterocycles. The van der Waals surface area contributed by atoms with Gasteiger partial charge in [0.1, 0.15) is 5.75 Å². The summed E-state index contributed by atoms with van der Waals surface area (Å²) >= 11 is 0. The Labute approximate surface area is 153 Å². The molecule has 0 saturated heterocycles. The number of nitrogens with one attached hydrogen (secondary N) is 1. The van der Waals surface area contributed by atoms with Crippen molar-refractivity contribution in [1.29, 1.82) is 0 Å². The Morgan fingerprint density at radius 3 is 2.04 bits per heavy atom. The minimum Gasteiger partial charge on any atom is -0.508 e. The van der Waals surface area contributed by atoms with Crippen LogP contribution in [0, 0.1) is 0 Å². The van der Waals surface area contributed by atoms with Gasteiger partial charge in [0.2, 0.25) is 0 Å². The van der Waals surface area contributed by atoms with Crippen LogP contribution in [-0.4, -0.2) is 17.8 Å². The largest absolute Gasteiger partial charge is 0.508 e. The molecule has 0 fully saturated rings. The van der Waals surface area contributed by atoms with Crippen molar-refractivity contribution in [2.24, 2.45) is 0 Å². The predicted molar refractivity (Wildman–Crippen MR) is 104 cm³/mol. The van der Waals surface area contributed by atoms with E-state index in [-0.39, 0.29) is 5.75 Å². The maximum absolute atomic E-state index is 11.6. The van der Waals surface area contributed by atoms with Crippen LogP contribution in [0.4, 0.5) is 10.5 Å². The fourth-order valence-electron chi connectivity index (χ4n) is 2.85. The average Bonchev–Trinajstić information content (AvgIpc) is 2.59. The second-order valence-corrected chi connectivity index (χ2v) is 6.70. The van der Waals surface area contributed by atoms with E-state index in [0.717, 1.165) is 12.8 Å². The number of unbranched alkanes of at least 4 members (excludes halogenated alkanes) is 11. The van der Waals surface area contributed by atoms with Crippen LogP contribution in [0.25, 0.3) is 0 Å². The first-order valence-corrected chi connectivity index (χ1v) is 9.95. The molecule has 0 atom stereocenters. The van der Waals surface area contributed by atoms with Crippen LogP contribution < -0.4 is 5.32 Å². The van der Waals surface area contributed by atoms with Gasteiger partial charge in [0.15, 0.2) is 0 Å². The van der Waals surface area contributed by atoms with Crippen LogP contribution in [0.2, 0.25) is 0 Å². The number of phenols is 1. The van der Waals surface area contributed by atoms with Gasteiger partial charge in [0.25, 0.3) is 0 Å². The number of carbonyl (C=O) groups is 1. The SMILES string of the molecule is CCCCCCCCCCCCCCOC(=O)Nc1cccc(O)c1. The van der Waals surface area contributed by atoms with Crippen molar-refractivity contribution in [2.45, 2.75) is 84.0 Å². The van der Waals surface area contributed by atoms with Crippen molar-refractivity contribution in [3.05, 3.63) is 24.3 Å². The van der Waals surface area contributed by atoms with E-state index in [1.54, 1.807) is 18.2 Å². The molecule has 0 radical (unpaired) electrons. The van der Waals surface area contributed by atoms with Gasteiger partial charge in [-0.05, 0) is 18.6 Å². The number of hydrogen-bond acceptors (Lipinski definition) is 3.